The molecule has 0 aliphatic carbocycles. The maximum atomic E-state index is 12.6. The third kappa shape index (κ3) is 3.60. The molecule has 3 heterocycles. The van der Waals surface area contributed by atoms with E-state index in [-0.39, 0.29) is 30.7 Å². The molecule has 4 amide bonds. The Bertz CT molecular complexity index is 910. The summed E-state index contributed by atoms with van der Waals surface area (Å²) in [7, 11) is 0. The predicted octanol–water partition coefficient (Wildman–Crippen LogP) is 0.760. The van der Waals surface area contributed by atoms with Crippen LogP contribution in [0.1, 0.15) is 43.0 Å². The third-order valence-electron chi connectivity index (χ3n) is 5.16. The topological polar surface area (TPSA) is 109 Å². The standard InChI is InChI=1S/C19H22N6O3/c1-12-10-24(17(26)8-7-14-18(27)21-19(28)20-14)11-16-23-22-15(25(12)16)9-13-5-3-2-4-6-13/h2-6,12,14H,7-11H2,1H3,(H2,20,21,27,28)/t12-,14-/m0/s1. The second kappa shape index (κ2) is 7.41. The number of rotatable bonds is 5. The molecule has 0 radical (unpaired) electrons. The van der Waals surface area contributed by atoms with E-state index in [0.717, 1.165) is 11.6 Å². The van der Waals surface area contributed by atoms with Crippen LogP contribution in [0, 0.1) is 0 Å². The van der Waals surface area contributed by atoms with Gasteiger partial charge >= 0.3 is 6.03 Å². The molecule has 0 saturated carbocycles. The molecule has 1 saturated heterocycles. The van der Waals surface area contributed by atoms with Gasteiger partial charge in [-0.1, -0.05) is 30.3 Å². The molecule has 4 rings (SSSR count). The Morgan fingerprint density at radius 2 is 2.00 bits per heavy atom. The fourth-order valence-electron chi connectivity index (χ4n) is 3.79. The van der Waals surface area contributed by atoms with Gasteiger partial charge < -0.3 is 14.8 Å². The molecule has 2 aliphatic rings. The molecule has 28 heavy (non-hydrogen) atoms. The summed E-state index contributed by atoms with van der Waals surface area (Å²) in [6.45, 7) is 3.01. The number of hydrogen-bond acceptors (Lipinski definition) is 5. The normalized spacial score (nSPS) is 21.2. The van der Waals surface area contributed by atoms with Gasteiger partial charge in [0.05, 0.1) is 12.6 Å². The first-order valence-electron chi connectivity index (χ1n) is 9.37. The van der Waals surface area contributed by atoms with Crippen LogP contribution in [0.2, 0.25) is 0 Å². The molecular weight excluding hydrogens is 360 g/mol. The van der Waals surface area contributed by atoms with E-state index in [1.807, 2.05) is 25.1 Å². The third-order valence-corrected chi connectivity index (χ3v) is 5.16. The van der Waals surface area contributed by atoms with E-state index in [2.05, 4.69) is 37.5 Å². The van der Waals surface area contributed by atoms with E-state index >= 15 is 0 Å². The van der Waals surface area contributed by atoms with E-state index in [1.54, 1.807) is 4.90 Å². The number of carbonyl (C=O) groups excluding carboxylic acids is 3. The number of nitrogens with zero attached hydrogens (tertiary/aromatic N) is 4. The zero-order chi connectivity index (χ0) is 19.7. The molecule has 2 aliphatic heterocycles. The minimum absolute atomic E-state index is 0.0559. The summed E-state index contributed by atoms with van der Waals surface area (Å²) >= 11 is 0. The van der Waals surface area contributed by atoms with E-state index in [4.69, 9.17) is 0 Å². The van der Waals surface area contributed by atoms with Crippen LogP contribution in [0.3, 0.4) is 0 Å². The summed E-state index contributed by atoms with van der Waals surface area (Å²) in [5.74, 6) is 1.23. The molecule has 2 N–H and O–H groups in total. The minimum atomic E-state index is -0.639. The van der Waals surface area contributed by atoms with Gasteiger partial charge in [-0.2, -0.15) is 0 Å². The number of fused-ring (bicyclic) bond motifs is 1. The summed E-state index contributed by atoms with van der Waals surface area (Å²) in [4.78, 5) is 37.1. The average molecular weight is 382 g/mol. The van der Waals surface area contributed by atoms with Crippen LogP contribution in [0.25, 0.3) is 0 Å². The van der Waals surface area contributed by atoms with Gasteiger partial charge in [0.15, 0.2) is 5.82 Å². The quantitative estimate of drug-likeness (QED) is 0.742. The molecule has 146 valence electrons. The Balaban J connectivity index is 1.40. The zero-order valence-electron chi connectivity index (χ0n) is 15.6. The molecule has 9 nitrogen and oxygen atoms in total. The molecule has 1 aromatic heterocycles. The molecule has 0 unspecified atom stereocenters. The van der Waals surface area contributed by atoms with Crippen LogP contribution < -0.4 is 10.6 Å². The van der Waals surface area contributed by atoms with Gasteiger partial charge in [-0.15, -0.1) is 10.2 Å². The minimum Gasteiger partial charge on any atom is -0.333 e. The van der Waals surface area contributed by atoms with Crippen molar-refractivity contribution >= 4 is 17.8 Å². The summed E-state index contributed by atoms with van der Waals surface area (Å²) < 4.78 is 2.11. The second-order valence-electron chi connectivity index (χ2n) is 7.24. The Labute approximate surface area is 162 Å². The van der Waals surface area contributed by atoms with Crippen molar-refractivity contribution in [2.75, 3.05) is 6.54 Å². The molecule has 2 aromatic rings. The number of urea groups is 1. The largest absolute Gasteiger partial charge is 0.333 e. The fourth-order valence-corrected chi connectivity index (χ4v) is 3.79. The van der Waals surface area contributed by atoms with Gasteiger partial charge in [-0.3, -0.25) is 14.9 Å². The highest BCUT2D eigenvalue weighted by Gasteiger charge is 2.32. The van der Waals surface area contributed by atoms with Crippen LogP contribution in [-0.2, 0) is 22.6 Å². The lowest BCUT2D eigenvalue weighted by molar-refractivity contribution is -0.133. The van der Waals surface area contributed by atoms with E-state index in [9.17, 15) is 14.4 Å². The molecular formula is C19H22N6O3. The molecule has 0 bridgehead atoms. The molecule has 2 atom stereocenters. The van der Waals surface area contributed by atoms with Gasteiger partial charge in [0, 0.05) is 19.4 Å². The van der Waals surface area contributed by atoms with Crippen molar-refractivity contribution in [2.24, 2.45) is 0 Å². The van der Waals surface area contributed by atoms with Crippen molar-refractivity contribution in [2.45, 2.75) is 44.8 Å². The average Bonchev–Trinajstić information content (AvgIpc) is 3.23. The summed E-state index contributed by atoms with van der Waals surface area (Å²) in [6, 6.07) is 9.02. The lowest BCUT2D eigenvalue weighted by Gasteiger charge is -2.32. The highest BCUT2D eigenvalue weighted by molar-refractivity contribution is 6.04. The van der Waals surface area contributed by atoms with E-state index in [1.165, 1.54) is 5.56 Å². The Hall–Kier alpha value is -3.23. The van der Waals surface area contributed by atoms with Gasteiger partial charge in [-0.05, 0) is 18.9 Å². The molecule has 0 spiro atoms. The van der Waals surface area contributed by atoms with Gasteiger partial charge in [-0.25, -0.2) is 4.79 Å². The summed E-state index contributed by atoms with van der Waals surface area (Å²) in [6.07, 6.45) is 1.17. The maximum Gasteiger partial charge on any atom is 0.322 e. The lowest BCUT2D eigenvalue weighted by Crippen LogP contribution is -2.41. The van der Waals surface area contributed by atoms with Crippen molar-refractivity contribution in [3.05, 3.63) is 47.5 Å². The molecule has 9 heteroatoms. The number of imide groups is 1. The van der Waals surface area contributed by atoms with Crippen molar-refractivity contribution in [1.82, 2.24) is 30.3 Å². The van der Waals surface area contributed by atoms with Crippen LogP contribution in [0.4, 0.5) is 4.79 Å². The number of aromatic nitrogens is 3. The van der Waals surface area contributed by atoms with Crippen LogP contribution in [-0.4, -0.2) is 50.1 Å². The number of benzene rings is 1. The number of amides is 4. The first kappa shape index (κ1) is 18.1. The van der Waals surface area contributed by atoms with Crippen LogP contribution in [0.5, 0.6) is 0 Å². The number of nitrogens with one attached hydrogen (secondary N) is 2. The predicted molar refractivity (Wildman–Crippen MR) is 99.1 cm³/mol. The Kier molecular flexibility index (Phi) is 4.81. The highest BCUT2D eigenvalue weighted by Crippen LogP contribution is 2.23. The zero-order valence-corrected chi connectivity index (χ0v) is 15.6. The second-order valence-corrected chi connectivity index (χ2v) is 7.24. The van der Waals surface area contributed by atoms with Crippen molar-refractivity contribution in [3.63, 3.8) is 0 Å². The Morgan fingerprint density at radius 3 is 2.71 bits per heavy atom. The SMILES string of the molecule is C[C@H]1CN(C(=O)CC[C@@H]2NC(=O)NC2=O)Cc2nnc(Cc3ccccc3)n21. The molecule has 1 aromatic carbocycles. The first-order valence-corrected chi connectivity index (χ1v) is 9.37. The fraction of sp³-hybridized carbons (Fsp3) is 0.421. The smallest absolute Gasteiger partial charge is 0.322 e. The highest BCUT2D eigenvalue weighted by atomic mass is 16.2. The number of carbonyl (C=O) groups is 3. The van der Waals surface area contributed by atoms with Gasteiger partial charge in [0.2, 0.25) is 5.91 Å². The van der Waals surface area contributed by atoms with E-state index in [0.29, 0.717) is 19.5 Å². The van der Waals surface area contributed by atoms with Gasteiger partial charge in [0.1, 0.15) is 11.9 Å². The first-order chi connectivity index (χ1) is 13.5. The van der Waals surface area contributed by atoms with E-state index < -0.39 is 12.1 Å². The number of hydrogen-bond donors (Lipinski definition) is 2. The summed E-state index contributed by atoms with van der Waals surface area (Å²) in [5.41, 5.74) is 1.17. The Morgan fingerprint density at radius 1 is 1.21 bits per heavy atom. The lowest BCUT2D eigenvalue weighted by atomic mass is 10.1. The van der Waals surface area contributed by atoms with Gasteiger partial charge in [0.25, 0.3) is 5.91 Å². The van der Waals surface area contributed by atoms with Crippen molar-refractivity contribution < 1.29 is 14.4 Å². The summed E-state index contributed by atoms with van der Waals surface area (Å²) in [5, 5.41) is 13.3. The van der Waals surface area contributed by atoms with Crippen LogP contribution in [0.15, 0.2) is 30.3 Å². The molecule has 1 fully saturated rings. The van der Waals surface area contributed by atoms with Crippen molar-refractivity contribution in [3.8, 4) is 0 Å². The van der Waals surface area contributed by atoms with Crippen molar-refractivity contribution in [1.29, 1.82) is 0 Å². The maximum absolute atomic E-state index is 12.6. The monoisotopic (exact) mass is 382 g/mol. The van der Waals surface area contributed by atoms with Crippen LogP contribution >= 0.6 is 0 Å².